The smallest absolute Gasteiger partial charge is 0.240 e. The first-order valence-corrected chi connectivity index (χ1v) is 7.66. The number of hydrogen-bond donors (Lipinski definition) is 1. The molecule has 6 heteroatoms. The zero-order chi connectivity index (χ0) is 13.0. The van der Waals surface area contributed by atoms with E-state index in [0.29, 0.717) is 6.54 Å². The molecule has 0 unspecified atom stereocenters. The Labute approximate surface area is 129 Å². The van der Waals surface area contributed by atoms with E-state index in [1.54, 1.807) is 11.3 Å². The van der Waals surface area contributed by atoms with Gasteiger partial charge < -0.3 is 10.2 Å². The quantitative estimate of drug-likeness (QED) is 0.922. The Morgan fingerprint density at radius 3 is 2.84 bits per heavy atom. The van der Waals surface area contributed by atoms with E-state index in [1.807, 2.05) is 24.0 Å². The molecule has 2 rings (SSSR count). The van der Waals surface area contributed by atoms with Crippen LogP contribution in [0.15, 0.2) is 12.1 Å². The SMILES string of the molecule is CCN(Cc1ccc(Cl)s1)C(=O)[C@H]1CCCCN1.Cl. The maximum atomic E-state index is 12.4. The van der Waals surface area contributed by atoms with Crippen molar-refractivity contribution in [3.05, 3.63) is 21.3 Å². The zero-order valence-corrected chi connectivity index (χ0v) is 13.4. The fourth-order valence-corrected chi connectivity index (χ4v) is 3.36. The maximum absolute atomic E-state index is 12.4. The molecular weight excluding hydrogens is 303 g/mol. The number of rotatable bonds is 4. The van der Waals surface area contributed by atoms with Crippen molar-refractivity contribution < 1.29 is 4.79 Å². The number of nitrogens with one attached hydrogen (secondary N) is 1. The summed E-state index contributed by atoms with van der Waals surface area (Å²) in [7, 11) is 0. The highest BCUT2D eigenvalue weighted by Crippen LogP contribution is 2.23. The fraction of sp³-hybridized carbons (Fsp3) is 0.615. The second kappa shape index (κ2) is 8.10. The van der Waals surface area contributed by atoms with Crippen LogP contribution in [0.2, 0.25) is 4.34 Å². The van der Waals surface area contributed by atoms with Crippen molar-refractivity contribution in [2.75, 3.05) is 13.1 Å². The molecular formula is C13H20Cl2N2OS. The van der Waals surface area contributed by atoms with E-state index in [0.717, 1.165) is 35.1 Å². The first kappa shape index (κ1) is 16.8. The van der Waals surface area contributed by atoms with Crippen molar-refractivity contribution in [2.45, 2.75) is 38.8 Å². The van der Waals surface area contributed by atoms with Crippen LogP contribution in [-0.4, -0.2) is 29.9 Å². The molecule has 3 nitrogen and oxygen atoms in total. The molecule has 1 amide bonds. The average molecular weight is 323 g/mol. The van der Waals surface area contributed by atoms with Crippen molar-refractivity contribution in [2.24, 2.45) is 0 Å². The monoisotopic (exact) mass is 322 g/mol. The fourth-order valence-electron chi connectivity index (χ4n) is 2.25. The molecule has 2 heterocycles. The van der Waals surface area contributed by atoms with Gasteiger partial charge in [-0.1, -0.05) is 18.0 Å². The highest BCUT2D eigenvalue weighted by Gasteiger charge is 2.25. The summed E-state index contributed by atoms with van der Waals surface area (Å²) in [4.78, 5) is 15.4. The minimum Gasteiger partial charge on any atom is -0.336 e. The normalized spacial score (nSPS) is 18.7. The van der Waals surface area contributed by atoms with Gasteiger partial charge in [-0.25, -0.2) is 0 Å². The molecule has 0 spiro atoms. The number of carbonyl (C=O) groups excluding carboxylic acids is 1. The van der Waals surface area contributed by atoms with Gasteiger partial charge in [-0.2, -0.15) is 0 Å². The number of halogens is 2. The third-order valence-corrected chi connectivity index (χ3v) is 4.49. The van der Waals surface area contributed by atoms with E-state index >= 15 is 0 Å². The number of nitrogens with zero attached hydrogens (tertiary/aromatic N) is 1. The second-order valence-electron chi connectivity index (χ2n) is 4.56. The van der Waals surface area contributed by atoms with Crippen molar-refractivity contribution in [1.82, 2.24) is 10.2 Å². The average Bonchev–Trinajstić information content (AvgIpc) is 2.82. The largest absolute Gasteiger partial charge is 0.336 e. The van der Waals surface area contributed by atoms with Crippen LogP contribution >= 0.6 is 35.3 Å². The third kappa shape index (κ3) is 4.63. The first-order chi connectivity index (χ1) is 8.70. The molecule has 1 aliphatic rings. The Bertz CT molecular complexity index is 405. The van der Waals surface area contributed by atoms with Gasteiger partial charge in [-0.05, 0) is 38.4 Å². The molecule has 108 valence electrons. The van der Waals surface area contributed by atoms with E-state index in [1.165, 1.54) is 6.42 Å². The van der Waals surface area contributed by atoms with Gasteiger partial charge in [0.25, 0.3) is 0 Å². The van der Waals surface area contributed by atoms with Crippen LogP contribution in [0.1, 0.15) is 31.1 Å². The molecule has 1 aliphatic heterocycles. The zero-order valence-electron chi connectivity index (χ0n) is 11.0. The van der Waals surface area contributed by atoms with Gasteiger partial charge in [-0.15, -0.1) is 23.7 Å². The summed E-state index contributed by atoms with van der Waals surface area (Å²) in [5.41, 5.74) is 0. The Balaban J connectivity index is 0.00000180. The van der Waals surface area contributed by atoms with Crippen LogP contribution in [0, 0.1) is 0 Å². The first-order valence-electron chi connectivity index (χ1n) is 6.47. The van der Waals surface area contributed by atoms with E-state index in [9.17, 15) is 4.79 Å². The van der Waals surface area contributed by atoms with Gasteiger partial charge in [0, 0.05) is 11.4 Å². The minimum absolute atomic E-state index is 0. The van der Waals surface area contributed by atoms with E-state index in [2.05, 4.69) is 5.32 Å². The van der Waals surface area contributed by atoms with E-state index < -0.39 is 0 Å². The number of piperidine rings is 1. The van der Waals surface area contributed by atoms with Crippen LogP contribution < -0.4 is 5.32 Å². The van der Waals surface area contributed by atoms with Crippen LogP contribution in [0.5, 0.6) is 0 Å². The lowest BCUT2D eigenvalue weighted by molar-refractivity contribution is -0.134. The van der Waals surface area contributed by atoms with Crippen molar-refractivity contribution in [3.8, 4) is 0 Å². The molecule has 0 bridgehead atoms. The topological polar surface area (TPSA) is 32.3 Å². The summed E-state index contributed by atoms with van der Waals surface area (Å²) in [6, 6.07) is 3.89. The Kier molecular flexibility index (Phi) is 7.15. The lowest BCUT2D eigenvalue weighted by Crippen LogP contribution is -2.48. The van der Waals surface area contributed by atoms with Gasteiger partial charge >= 0.3 is 0 Å². The van der Waals surface area contributed by atoms with Crippen LogP contribution in [0.3, 0.4) is 0 Å². The summed E-state index contributed by atoms with van der Waals surface area (Å²) in [5, 5.41) is 3.31. The molecule has 1 atom stereocenters. The second-order valence-corrected chi connectivity index (χ2v) is 6.36. The van der Waals surface area contributed by atoms with Crippen molar-refractivity contribution in [3.63, 3.8) is 0 Å². The summed E-state index contributed by atoms with van der Waals surface area (Å²) in [5.74, 6) is 0.224. The molecule has 1 aromatic heterocycles. The van der Waals surface area contributed by atoms with Gasteiger partial charge in [0.1, 0.15) is 0 Å². The predicted octanol–water partition coefficient (Wildman–Crippen LogP) is 3.31. The summed E-state index contributed by atoms with van der Waals surface area (Å²) < 4.78 is 0.782. The molecule has 0 aromatic carbocycles. The molecule has 1 aromatic rings. The number of likely N-dealkylation sites (N-methyl/N-ethyl adjacent to an activating group) is 1. The summed E-state index contributed by atoms with van der Waals surface area (Å²) in [6.45, 7) is 4.40. The van der Waals surface area contributed by atoms with Crippen molar-refractivity contribution in [1.29, 1.82) is 0 Å². The predicted molar refractivity (Wildman–Crippen MR) is 83.3 cm³/mol. The Morgan fingerprint density at radius 2 is 2.32 bits per heavy atom. The van der Waals surface area contributed by atoms with E-state index in [4.69, 9.17) is 11.6 Å². The van der Waals surface area contributed by atoms with Gasteiger partial charge in [-0.3, -0.25) is 4.79 Å². The highest BCUT2D eigenvalue weighted by molar-refractivity contribution is 7.16. The molecule has 19 heavy (non-hydrogen) atoms. The minimum atomic E-state index is 0. The number of amides is 1. The Morgan fingerprint density at radius 1 is 1.53 bits per heavy atom. The van der Waals surface area contributed by atoms with Crippen molar-refractivity contribution >= 4 is 41.3 Å². The van der Waals surface area contributed by atoms with Crippen LogP contribution in [-0.2, 0) is 11.3 Å². The maximum Gasteiger partial charge on any atom is 0.240 e. The van der Waals surface area contributed by atoms with Gasteiger partial charge in [0.15, 0.2) is 0 Å². The molecule has 0 radical (unpaired) electrons. The molecule has 0 saturated carbocycles. The highest BCUT2D eigenvalue weighted by atomic mass is 35.5. The molecule has 1 fully saturated rings. The van der Waals surface area contributed by atoms with Gasteiger partial charge in [0.2, 0.25) is 5.91 Å². The van der Waals surface area contributed by atoms with Gasteiger partial charge in [0.05, 0.1) is 16.9 Å². The molecule has 0 aliphatic carbocycles. The summed E-state index contributed by atoms with van der Waals surface area (Å²) >= 11 is 7.46. The lowest BCUT2D eigenvalue weighted by atomic mass is 10.0. The molecule has 1 saturated heterocycles. The Hall–Kier alpha value is -0.290. The third-order valence-electron chi connectivity index (χ3n) is 3.28. The number of thiophene rings is 1. The standard InChI is InChI=1S/C13H19ClN2OS.ClH/c1-2-16(9-10-6-7-12(14)18-10)13(17)11-5-3-4-8-15-11;/h6-7,11,15H,2-5,8-9H2,1H3;1H/t11-;/m1./s1. The lowest BCUT2D eigenvalue weighted by Gasteiger charge is -2.29. The number of hydrogen-bond acceptors (Lipinski definition) is 3. The van der Waals surface area contributed by atoms with Crippen LogP contribution in [0.25, 0.3) is 0 Å². The number of carbonyl (C=O) groups is 1. The van der Waals surface area contributed by atoms with E-state index in [-0.39, 0.29) is 24.4 Å². The van der Waals surface area contributed by atoms with Crippen LogP contribution in [0.4, 0.5) is 0 Å². The molecule has 1 N–H and O–H groups in total. The summed E-state index contributed by atoms with van der Waals surface area (Å²) in [6.07, 6.45) is 3.28.